The third kappa shape index (κ3) is 6.15. The Morgan fingerprint density at radius 3 is 2.04 bits per heavy atom. The van der Waals surface area contributed by atoms with Crippen LogP contribution in [0.25, 0.3) is 53.7 Å². The van der Waals surface area contributed by atoms with Crippen molar-refractivity contribution in [3.63, 3.8) is 0 Å². The number of allylic oxidation sites excluding steroid dienone is 2. The molecule has 0 atom stereocenters. The molecule has 0 saturated heterocycles. The molecule has 0 unspecified atom stereocenters. The molecule has 0 fully saturated rings. The molecule has 4 heterocycles. The lowest BCUT2D eigenvalue weighted by Crippen LogP contribution is -2.27. The van der Waals surface area contributed by atoms with E-state index < -0.39 is 0 Å². The van der Waals surface area contributed by atoms with Crippen LogP contribution in [0, 0.1) is 0 Å². The van der Waals surface area contributed by atoms with Crippen LogP contribution in [0.5, 0.6) is 10.8 Å². The van der Waals surface area contributed by atoms with Gasteiger partial charge in [0.2, 0.25) is 0 Å². The second kappa shape index (κ2) is 13.6. The molecule has 0 amide bonds. The topological polar surface area (TPSA) is 28.6 Å². The van der Waals surface area contributed by atoms with Crippen LogP contribution in [0.15, 0.2) is 156 Å². The van der Waals surface area contributed by atoms with Gasteiger partial charge in [-0.1, -0.05) is 117 Å². The summed E-state index contributed by atoms with van der Waals surface area (Å²) in [4.78, 5) is 9.72. The lowest BCUT2D eigenvalue weighted by Gasteiger charge is -2.28. The van der Waals surface area contributed by atoms with Gasteiger partial charge in [-0.3, -0.25) is 4.98 Å². The van der Waals surface area contributed by atoms with Crippen molar-refractivity contribution >= 4 is 54.2 Å². The fourth-order valence-corrected chi connectivity index (χ4v) is 9.62. The van der Waals surface area contributed by atoms with E-state index in [0.717, 1.165) is 27.8 Å². The van der Waals surface area contributed by atoms with Crippen molar-refractivity contribution in [2.24, 2.45) is 0 Å². The van der Waals surface area contributed by atoms with Gasteiger partial charge in [-0.15, -0.1) is 11.3 Å². The summed E-state index contributed by atoms with van der Waals surface area (Å²) in [6.45, 7) is 11.9. The largest absolute Gasteiger partial charge is 0.447 e. The second-order valence-corrected chi connectivity index (χ2v) is 16.9. The van der Waals surface area contributed by atoms with E-state index in [1.807, 2.05) is 6.20 Å². The lowest BCUT2D eigenvalue weighted by molar-refractivity contribution is 0.497. The third-order valence-electron chi connectivity index (χ3n) is 10.5. The third-order valence-corrected chi connectivity index (χ3v) is 12.7. The summed E-state index contributed by atoms with van der Waals surface area (Å²) in [5, 5.41) is 5.46. The molecule has 5 aromatic carbocycles. The molecular weight excluding hydrogens is 699 g/mol. The van der Waals surface area contributed by atoms with Crippen LogP contribution in [0.3, 0.4) is 0 Å². The van der Waals surface area contributed by atoms with Gasteiger partial charge in [-0.2, -0.15) is 0 Å². The Morgan fingerprint density at radius 2 is 1.33 bits per heavy atom. The second-order valence-electron chi connectivity index (χ2n) is 15.0. The maximum atomic E-state index is 6.73. The minimum atomic E-state index is 0.0329. The molecular formula is C48H41N3OS2. The van der Waals surface area contributed by atoms with Gasteiger partial charge in [-0.25, -0.2) is 0 Å². The Morgan fingerprint density at radius 1 is 0.648 bits per heavy atom. The van der Waals surface area contributed by atoms with Gasteiger partial charge in [0, 0.05) is 57.5 Å². The normalized spacial score (nSPS) is 13.4. The number of aromatic nitrogens is 1. The predicted octanol–water partition coefficient (Wildman–Crippen LogP) is 14.1. The molecule has 0 saturated carbocycles. The molecule has 9 rings (SSSR count). The molecule has 3 aromatic heterocycles. The van der Waals surface area contributed by atoms with Crippen LogP contribution in [-0.2, 0) is 5.41 Å². The van der Waals surface area contributed by atoms with Crippen LogP contribution in [0.1, 0.15) is 40.2 Å². The summed E-state index contributed by atoms with van der Waals surface area (Å²) in [7, 11) is 0. The number of benzene rings is 5. The molecule has 4 nitrogen and oxygen atoms in total. The van der Waals surface area contributed by atoms with Crippen molar-refractivity contribution < 1.29 is 4.74 Å². The van der Waals surface area contributed by atoms with E-state index in [9.17, 15) is 0 Å². The van der Waals surface area contributed by atoms with E-state index in [0.29, 0.717) is 6.67 Å². The van der Waals surface area contributed by atoms with Crippen LogP contribution in [0.2, 0.25) is 0 Å². The van der Waals surface area contributed by atoms with Crippen molar-refractivity contribution in [3.8, 4) is 44.3 Å². The molecule has 266 valence electrons. The highest BCUT2D eigenvalue weighted by molar-refractivity contribution is 7.27. The van der Waals surface area contributed by atoms with Crippen LogP contribution < -0.4 is 14.5 Å². The van der Waals surface area contributed by atoms with Crippen molar-refractivity contribution in [1.29, 1.82) is 0 Å². The molecule has 0 spiro atoms. The summed E-state index contributed by atoms with van der Waals surface area (Å²) in [6, 6.07) is 47.7. The van der Waals surface area contributed by atoms with Crippen LogP contribution in [0.4, 0.5) is 11.4 Å². The number of pyridine rings is 1. The Kier molecular flexibility index (Phi) is 8.60. The number of hydrogen-bond acceptors (Lipinski definition) is 6. The summed E-state index contributed by atoms with van der Waals surface area (Å²) in [6.07, 6.45) is 1.94. The lowest BCUT2D eigenvalue weighted by atomic mass is 9.86. The van der Waals surface area contributed by atoms with Crippen molar-refractivity contribution in [1.82, 2.24) is 4.98 Å². The molecule has 0 N–H and O–H groups in total. The number of anilines is 2. The van der Waals surface area contributed by atoms with Crippen LogP contribution in [-0.4, -0.2) is 11.7 Å². The first-order valence-corrected chi connectivity index (χ1v) is 20.1. The van der Waals surface area contributed by atoms with Crippen molar-refractivity contribution in [2.45, 2.75) is 40.0 Å². The summed E-state index contributed by atoms with van der Waals surface area (Å²) in [5.41, 5.74) is 13.0. The van der Waals surface area contributed by atoms with Gasteiger partial charge in [0.1, 0.15) is 5.75 Å². The van der Waals surface area contributed by atoms with Gasteiger partial charge in [0.25, 0.3) is 0 Å². The number of hydrogen-bond donors (Lipinski definition) is 0. The SMILES string of the molecule is CC1=C(C)N(c2c(-c3ccccc3)cccc2-c2ccccc2)CN1c1cccc(Oc2cc3c(-c4cc(C(C)(C)C)ccn4)cc4ccsc4c3s2)c1. The number of nitrogens with zero attached hydrogens (tertiary/aromatic N) is 3. The van der Waals surface area contributed by atoms with Crippen molar-refractivity contribution in [2.75, 3.05) is 16.5 Å². The smallest absolute Gasteiger partial charge is 0.182 e. The van der Waals surface area contributed by atoms with E-state index in [1.165, 1.54) is 65.1 Å². The molecule has 0 bridgehead atoms. The highest BCUT2D eigenvalue weighted by Gasteiger charge is 2.30. The summed E-state index contributed by atoms with van der Waals surface area (Å²) >= 11 is 3.49. The first kappa shape index (κ1) is 34.1. The van der Waals surface area contributed by atoms with Gasteiger partial charge in [-0.05, 0) is 83.1 Å². The molecule has 0 aliphatic carbocycles. The minimum Gasteiger partial charge on any atom is -0.447 e. The van der Waals surface area contributed by atoms with E-state index in [1.54, 1.807) is 22.7 Å². The maximum absolute atomic E-state index is 6.73. The highest BCUT2D eigenvalue weighted by Crippen LogP contribution is 2.47. The highest BCUT2D eigenvalue weighted by atomic mass is 32.1. The molecule has 1 aliphatic rings. The number of ether oxygens (including phenoxy) is 1. The zero-order chi connectivity index (χ0) is 37.0. The minimum absolute atomic E-state index is 0.0329. The van der Waals surface area contributed by atoms with Gasteiger partial charge >= 0.3 is 0 Å². The van der Waals surface area contributed by atoms with Crippen molar-refractivity contribution in [3.05, 3.63) is 162 Å². The van der Waals surface area contributed by atoms with Gasteiger partial charge < -0.3 is 14.5 Å². The Balaban J connectivity index is 1.07. The Bertz CT molecular complexity index is 2630. The first-order valence-electron chi connectivity index (χ1n) is 18.4. The molecule has 1 aliphatic heterocycles. The number of thiophene rings is 2. The molecule has 8 aromatic rings. The van der Waals surface area contributed by atoms with E-state index in [2.05, 4.69) is 183 Å². The zero-order valence-electron chi connectivity index (χ0n) is 31.1. The van der Waals surface area contributed by atoms with Gasteiger partial charge in [0.05, 0.1) is 27.4 Å². The average Bonchev–Trinajstić information content (AvgIpc) is 3.92. The molecule has 0 radical (unpaired) electrons. The standard InChI is InChI=1S/C48H41N3OS2/c1-31-32(2)51(45-39(33-14-8-6-9-15-33)20-13-21-40(45)34-16-10-7-11-17-34)30-50(31)37-18-12-19-38(28-37)52-44-29-42-41(26-35-23-25-53-46(35)47(42)54-44)43-27-36(22-24-49-43)48(3,4)5/h6-29H,30H2,1-5H3. The quantitative estimate of drug-likeness (QED) is 0.163. The predicted molar refractivity (Wildman–Crippen MR) is 231 cm³/mol. The number of rotatable bonds is 7. The maximum Gasteiger partial charge on any atom is 0.182 e. The van der Waals surface area contributed by atoms with E-state index >= 15 is 0 Å². The van der Waals surface area contributed by atoms with Crippen LogP contribution >= 0.6 is 22.7 Å². The zero-order valence-corrected chi connectivity index (χ0v) is 32.8. The number of fused-ring (bicyclic) bond motifs is 3. The van der Waals surface area contributed by atoms with E-state index in [-0.39, 0.29) is 5.41 Å². The monoisotopic (exact) mass is 739 g/mol. The van der Waals surface area contributed by atoms with Gasteiger partial charge in [0.15, 0.2) is 5.06 Å². The van der Waals surface area contributed by atoms with E-state index in [4.69, 9.17) is 9.72 Å². The molecule has 6 heteroatoms. The first-order chi connectivity index (χ1) is 26.2. The fraction of sp³-hybridized carbons (Fsp3) is 0.146. The Hall–Kier alpha value is -5.69. The molecule has 54 heavy (non-hydrogen) atoms. The summed E-state index contributed by atoms with van der Waals surface area (Å²) < 4.78 is 9.26. The fourth-order valence-electron chi connectivity index (χ4n) is 7.52. The Labute approximate surface area is 325 Å². The average molecular weight is 740 g/mol. The summed E-state index contributed by atoms with van der Waals surface area (Å²) in [5.74, 6) is 0.814. The number of para-hydroxylation sites is 1.